The molecule has 0 spiro atoms. The molecule has 0 aromatic heterocycles. The largest absolute Gasteiger partial charge is 0.273 e. The SMILES string of the molecule is CCC(C)N=C1SCC(=O)N1c1c2ccccc2cc2ccccc12. The molecule has 0 radical (unpaired) electrons. The van der Waals surface area contributed by atoms with E-state index in [0.29, 0.717) is 5.75 Å². The molecule has 1 aliphatic rings. The standard InChI is InChI=1S/C21H20N2OS/c1-3-14(2)22-21-23(19(24)13-25-21)20-17-10-6-4-8-15(17)12-16-9-5-7-11-18(16)20/h4-12,14H,3,13H2,1-2H3. The maximum Gasteiger partial charge on any atom is 0.243 e. The summed E-state index contributed by atoms with van der Waals surface area (Å²) in [7, 11) is 0. The average molecular weight is 348 g/mol. The molecule has 1 heterocycles. The van der Waals surface area contributed by atoms with Crippen molar-refractivity contribution in [3.63, 3.8) is 0 Å². The molecule has 1 aliphatic heterocycles. The van der Waals surface area contributed by atoms with Gasteiger partial charge in [-0.2, -0.15) is 0 Å². The molecule has 1 amide bonds. The van der Waals surface area contributed by atoms with Crippen molar-refractivity contribution in [3.8, 4) is 0 Å². The Balaban J connectivity index is 2.03. The fraction of sp³-hybridized carbons (Fsp3) is 0.238. The van der Waals surface area contributed by atoms with E-state index in [-0.39, 0.29) is 11.9 Å². The summed E-state index contributed by atoms with van der Waals surface area (Å²) in [4.78, 5) is 19.4. The molecule has 1 unspecified atom stereocenters. The van der Waals surface area contributed by atoms with Gasteiger partial charge in [0.1, 0.15) is 0 Å². The number of amidine groups is 1. The van der Waals surface area contributed by atoms with Crippen LogP contribution in [0.2, 0.25) is 0 Å². The van der Waals surface area contributed by atoms with Gasteiger partial charge in [-0.25, -0.2) is 0 Å². The van der Waals surface area contributed by atoms with Crippen molar-refractivity contribution >= 4 is 50.1 Å². The van der Waals surface area contributed by atoms with Gasteiger partial charge in [-0.15, -0.1) is 0 Å². The third kappa shape index (κ3) is 2.81. The maximum absolute atomic E-state index is 12.8. The van der Waals surface area contributed by atoms with E-state index in [1.807, 2.05) is 29.2 Å². The molecule has 0 N–H and O–H groups in total. The molecular weight excluding hydrogens is 328 g/mol. The quantitative estimate of drug-likeness (QED) is 0.607. The van der Waals surface area contributed by atoms with Crippen LogP contribution in [-0.4, -0.2) is 22.9 Å². The second-order valence-electron chi connectivity index (χ2n) is 6.35. The molecule has 4 heteroatoms. The molecule has 0 aliphatic carbocycles. The van der Waals surface area contributed by atoms with Gasteiger partial charge in [-0.3, -0.25) is 14.7 Å². The first-order valence-corrected chi connectivity index (χ1v) is 9.61. The van der Waals surface area contributed by atoms with E-state index < -0.39 is 0 Å². The smallest absolute Gasteiger partial charge is 0.243 e. The molecule has 4 rings (SSSR count). The summed E-state index contributed by atoms with van der Waals surface area (Å²) in [6.07, 6.45) is 0.961. The summed E-state index contributed by atoms with van der Waals surface area (Å²) in [5.41, 5.74) is 0.964. The summed E-state index contributed by atoms with van der Waals surface area (Å²) in [5.74, 6) is 0.556. The van der Waals surface area contributed by atoms with Crippen LogP contribution in [0.5, 0.6) is 0 Å². The number of nitrogens with zero attached hydrogens (tertiary/aromatic N) is 2. The van der Waals surface area contributed by atoms with Crippen molar-refractivity contribution in [3.05, 3.63) is 54.6 Å². The normalized spacial score (nSPS) is 17.8. The maximum atomic E-state index is 12.8. The topological polar surface area (TPSA) is 32.7 Å². The molecule has 3 aromatic rings. The number of hydrogen-bond acceptors (Lipinski definition) is 3. The van der Waals surface area contributed by atoms with Crippen molar-refractivity contribution in [1.29, 1.82) is 0 Å². The van der Waals surface area contributed by atoms with Crippen molar-refractivity contribution < 1.29 is 4.79 Å². The zero-order valence-electron chi connectivity index (χ0n) is 14.4. The molecule has 1 atom stereocenters. The number of fused-ring (bicyclic) bond motifs is 2. The first-order chi connectivity index (χ1) is 12.2. The third-order valence-electron chi connectivity index (χ3n) is 4.65. The number of benzene rings is 3. The second kappa shape index (κ2) is 6.52. The fourth-order valence-corrected chi connectivity index (χ4v) is 4.15. The zero-order valence-corrected chi connectivity index (χ0v) is 15.2. The zero-order chi connectivity index (χ0) is 17.4. The van der Waals surface area contributed by atoms with Crippen LogP contribution in [0, 0.1) is 0 Å². The Hall–Kier alpha value is -2.33. The van der Waals surface area contributed by atoms with Gasteiger partial charge in [0.05, 0.1) is 11.4 Å². The lowest BCUT2D eigenvalue weighted by Gasteiger charge is -2.22. The Kier molecular flexibility index (Phi) is 4.22. The average Bonchev–Trinajstić information content (AvgIpc) is 2.99. The number of amides is 1. The minimum atomic E-state index is 0.105. The highest BCUT2D eigenvalue weighted by molar-refractivity contribution is 8.15. The lowest BCUT2D eigenvalue weighted by Crippen LogP contribution is -2.30. The molecule has 126 valence electrons. The van der Waals surface area contributed by atoms with Gasteiger partial charge in [-0.1, -0.05) is 67.2 Å². The second-order valence-corrected chi connectivity index (χ2v) is 7.30. The Labute approximate surface area is 151 Å². The third-order valence-corrected chi connectivity index (χ3v) is 5.59. The Bertz CT molecular complexity index is 942. The van der Waals surface area contributed by atoms with E-state index in [1.54, 1.807) is 11.8 Å². The molecule has 3 aromatic carbocycles. The molecular formula is C21H20N2OS. The number of anilines is 1. The summed E-state index contributed by atoms with van der Waals surface area (Å²) in [6, 6.07) is 18.9. The summed E-state index contributed by atoms with van der Waals surface area (Å²) in [6.45, 7) is 4.21. The number of rotatable bonds is 3. The lowest BCUT2D eigenvalue weighted by molar-refractivity contribution is -0.115. The summed E-state index contributed by atoms with van der Waals surface area (Å²) >= 11 is 1.54. The van der Waals surface area contributed by atoms with Gasteiger partial charge >= 0.3 is 0 Å². The number of carbonyl (C=O) groups is 1. The Morgan fingerprint density at radius 1 is 1.08 bits per heavy atom. The minimum Gasteiger partial charge on any atom is -0.273 e. The van der Waals surface area contributed by atoms with Gasteiger partial charge in [0, 0.05) is 16.8 Å². The monoisotopic (exact) mass is 348 g/mol. The van der Waals surface area contributed by atoms with E-state index in [0.717, 1.165) is 38.8 Å². The van der Waals surface area contributed by atoms with Crippen LogP contribution in [0.1, 0.15) is 20.3 Å². The van der Waals surface area contributed by atoms with E-state index >= 15 is 0 Å². The van der Waals surface area contributed by atoms with Gasteiger partial charge < -0.3 is 0 Å². The highest BCUT2D eigenvalue weighted by Crippen LogP contribution is 2.39. The van der Waals surface area contributed by atoms with Crippen LogP contribution in [0.4, 0.5) is 5.69 Å². The predicted octanol–water partition coefficient (Wildman–Crippen LogP) is 5.23. The van der Waals surface area contributed by atoms with E-state index in [1.165, 1.54) is 0 Å². The van der Waals surface area contributed by atoms with Gasteiger partial charge in [0.2, 0.25) is 5.91 Å². The number of carbonyl (C=O) groups excluding carboxylic acids is 1. The van der Waals surface area contributed by atoms with Crippen LogP contribution in [-0.2, 0) is 4.79 Å². The highest BCUT2D eigenvalue weighted by atomic mass is 32.2. The number of hydrogen-bond donors (Lipinski definition) is 0. The van der Waals surface area contributed by atoms with Crippen molar-refractivity contribution in [1.82, 2.24) is 0 Å². The fourth-order valence-electron chi connectivity index (χ4n) is 3.19. The number of thioether (sulfide) groups is 1. The van der Waals surface area contributed by atoms with E-state index in [4.69, 9.17) is 4.99 Å². The highest BCUT2D eigenvalue weighted by Gasteiger charge is 2.32. The summed E-state index contributed by atoms with van der Waals surface area (Å²) in [5, 5.41) is 5.29. The minimum absolute atomic E-state index is 0.105. The van der Waals surface area contributed by atoms with Crippen molar-refractivity contribution in [2.45, 2.75) is 26.3 Å². The van der Waals surface area contributed by atoms with Crippen LogP contribution in [0.3, 0.4) is 0 Å². The van der Waals surface area contributed by atoms with Crippen LogP contribution < -0.4 is 4.90 Å². The molecule has 0 bridgehead atoms. The summed E-state index contributed by atoms with van der Waals surface area (Å²) < 4.78 is 0. The number of aliphatic imine (C=N–C) groups is 1. The Morgan fingerprint density at radius 3 is 2.28 bits per heavy atom. The Morgan fingerprint density at radius 2 is 1.68 bits per heavy atom. The van der Waals surface area contributed by atoms with Crippen molar-refractivity contribution in [2.75, 3.05) is 10.7 Å². The van der Waals surface area contributed by atoms with Crippen LogP contribution in [0.15, 0.2) is 59.6 Å². The molecule has 3 nitrogen and oxygen atoms in total. The lowest BCUT2D eigenvalue weighted by atomic mass is 10.00. The molecule has 0 saturated carbocycles. The molecule has 25 heavy (non-hydrogen) atoms. The van der Waals surface area contributed by atoms with Gasteiger partial charge in [0.15, 0.2) is 5.17 Å². The first-order valence-electron chi connectivity index (χ1n) is 8.63. The molecule has 1 saturated heterocycles. The first kappa shape index (κ1) is 16.2. The van der Waals surface area contributed by atoms with Crippen molar-refractivity contribution in [2.24, 2.45) is 4.99 Å². The van der Waals surface area contributed by atoms with E-state index in [9.17, 15) is 4.79 Å². The van der Waals surface area contributed by atoms with Crippen LogP contribution in [0.25, 0.3) is 21.5 Å². The van der Waals surface area contributed by atoms with E-state index in [2.05, 4.69) is 44.2 Å². The van der Waals surface area contributed by atoms with Crippen LogP contribution >= 0.6 is 11.8 Å². The van der Waals surface area contributed by atoms with Gasteiger partial charge in [0.25, 0.3) is 0 Å². The van der Waals surface area contributed by atoms with Gasteiger partial charge in [-0.05, 0) is 30.2 Å². The predicted molar refractivity (Wildman–Crippen MR) is 109 cm³/mol. The molecule has 1 fully saturated rings.